The summed E-state index contributed by atoms with van der Waals surface area (Å²) >= 11 is 2.03. The summed E-state index contributed by atoms with van der Waals surface area (Å²) in [5, 5.41) is 16.4. The Kier molecular flexibility index (Phi) is 5.76. The van der Waals surface area contributed by atoms with Gasteiger partial charge in [0.2, 0.25) is 0 Å². The number of aromatic hydroxyl groups is 1. The fourth-order valence-electron chi connectivity index (χ4n) is 1.77. The molecule has 6 heteroatoms. The van der Waals surface area contributed by atoms with E-state index < -0.39 is 0 Å². The van der Waals surface area contributed by atoms with Crippen LogP contribution in [-0.4, -0.2) is 23.8 Å². The van der Waals surface area contributed by atoms with Gasteiger partial charge in [0.25, 0.3) is 5.91 Å². The first-order chi connectivity index (χ1) is 10.6. The molecule has 0 aliphatic rings. The number of anilines is 1. The first-order valence-corrected chi connectivity index (χ1v) is 7.74. The number of hydrazone groups is 1. The number of hydrogen-bond donors (Lipinski definition) is 3. The molecule has 0 saturated heterocycles. The standard InChI is InChI=1S/C16H16IN3O2/c1-11-4-2-3-5-14(11)18-10-16(22)20-19-9-12-6-7-15(21)13(17)8-12/h2-9,18,21H,10H2,1H3,(H,20,22). The van der Waals surface area contributed by atoms with Crippen LogP contribution in [0.25, 0.3) is 0 Å². The molecule has 2 aromatic carbocycles. The van der Waals surface area contributed by atoms with Gasteiger partial charge >= 0.3 is 0 Å². The van der Waals surface area contributed by atoms with Crippen LogP contribution >= 0.6 is 22.6 Å². The second-order valence-corrected chi connectivity index (χ2v) is 5.83. The Morgan fingerprint density at radius 3 is 2.82 bits per heavy atom. The number of para-hydroxylation sites is 1. The van der Waals surface area contributed by atoms with Crippen molar-refractivity contribution in [3.05, 3.63) is 57.2 Å². The van der Waals surface area contributed by atoms with Crippen LogP contribution in [0.2, 0.25) is 0 Å². The Morgan fingerprint density at radius 2 is 2.09 bits per heavy atom. The Morgan fingerprint density at radius 1 is 1.32 bits per heavy atom. The second-order valence-electron chi connectivity index (χ2n) is 4.67. The van der Waals surface area contributed by atoms with Crippen LogP contribution in [0.1, 0.15) is 11.1 Å². The number of nitrogens with one attached hydrogen (secondary N) is 2. The topological polar surface area (TPSA) is 73.7 Å². The molecule has 0 bridgehead atoms. The molecular formula is C16H16IN3O2. The number of carbonyl (C=O) groups excluding carboxylic acids is 1. The van der Waals surface area contributed by atoms with E-state index in [1.165, 1.54) is 6.21 Å². The molecule has 0 radical (unpaired) electrons. The molecule has 2 aromatic rings. The van der Waals surface area contributed by atoms with E-state index in [4.69, 9.17) is 0 Å². The van der Waals surface area contributed by atoms with Gasteiger partial charge < -0.3 is 10.4 Å². The first kappa shape index (κ1) is 16.3. The van der Waals surface area contributed by atoms with Crippen LogP contribution in [0.4, 0.5) is 5.69 Å². The van der Waals surface area contributed by atoms with Crippen molar-refractivity contribution in [3.63, 3.8) is 0 Å². The van der Waals surface area contributed by atoms with Gasteiger partial charge in [-0.25, -0.2) is 5.43 Å². The van der Waals surface area contributed by atoms with E-state index in [0.717, 1.165) is 20.4 Å². The maximum atomic E-state index is 11.7. The molecule has 114 valence electrons. The van der Waals surface area contributed by atoms with Crippen LogP contribution in [0, 0.1) is 10.5 Å². The summed E-state index contributed by atoms with van der Waals surface area (Å²) < 4.78 is 0.731. The average Bonchev–Trinajstić information content (AvgIpc) is 2.50. The van der Waals surface area contributed by atoms with Crippen molar-refractivity contribution >= 4 is 40.4 Å². The minimum absolute atomic E-state index is 0.148. The van der Waals surface area contributed by atoms with Gasteiger partial charge in [0.1, 0.15) is 5.75 Å². The van der Waals surface area contributed by atoms with Crippen molar-refractivity contribution in [1.29, 1.82) is 0 Å². The highest BCUT2D eigenvalue weighted by Crippen LogP contribution is 2.19. The van der Waals surface area contributed by atoms with Crippen molar-refractivity contribution in [2.45, 2.75) is 6.92 Å². The molecule has 0 unspecified atom stereocenters. The van der Waals surface area contributed by atoms with Gasteiger partial charge in [0, 0.05) is 5.69 Å². The zero-order valence-electron chi connectivity index (χ0n) is 12.0. The van der Waals surface area contributed by atoms with Crippen LogP contribution in [0.15, 0.2) is 47.6 Å². The van der Waals surface area contributed by atoms with Gasteiger partial charge in [0.05, 0.1) is 16.3 Å². The van der Waals surface area contributed by atoms with Gasteiger partial charge in [-0.05, 0) is 64.9 Å². The van der Waals surface area contributed by atoms with E-state index in [1.54, 1.807) is 18.2 Å². The third-order valence-electron chi connectivity index (χ3n) is 2.96. The number of phenolic OH excluding ortho intramolecular Hbond substituents is 1. The number of nitrogens with zero attached hydrogens (tertiary/aromatic N) is 1. The highest BCUT2D eigenvalue weighted by molar-refractivity contribution is 14.1. The monoisotopic (exact) mass is 409 g/mol. The van der Waals surface area contributed by atoms with Crippen molar-refractivity contribution in [3.8, 4) is 5.75 Å². The number of phenols is 1. The number of amides is 1. The van der Waals surface area contributed by atoms with Gasteiger partial charge in [-0.15, -0.1) is 0 Å². The van der Waals surface area contributed by atoms with Crippen molar-refractivity contribution in [1.82, 2.24) is 5.43 Å². The Labute approximate surface area is 142 Å². The Balaban J connectivity index is 1.83. The number of halogens is 1. The largest absolute Gasteiger partial charge is 0.507 e. The lowest BCUT2D eigenvalue weighted by atomic mass is 10.2. The van der Waals surface area contributed by atoms with Crippen molar-refractivity contribution < 1.29 is 9.90 Å². The molecule has 2 rings (SSSR count). The Hall–Kier alpha value is -2.09. The van der Waals surface area contributed by atoms with E-state index in [9.17, 15) is 9.90 Å². The molecule has 0 aliphatic carbocycles. The number of rotatable bonds is 5. The van der Waals surface area contributed by atoms with E-state index in [1.807, 2.05) is 53.8 Å². The lowest BCUT2D eigenvalue weighted by molar-refractivity contribution is -0.119. The van der Waals surface area contributed by atoms with E-state index >= 15 is 0 Å². The third-order valence-corrected chi connectivity index (χ3v) is 3.82. The third kappa shape index (κ3) is 4.73. The molecule has 0 aromatic heterocycles. The second kappa shape index (κ2) is 7.79. The van der Waals surface area contributed by atoms with Crippen LogP contribution < -0.4 is 10.7 Å². The maximum Gasteiger partial charge on any atom is 0.259 e. The molecule has 0 saturated carbocycles. The van der Waals surface area contributed by atoms with Gasteiger partial charge in [0.15, 0.2) is 0 Å². The van der Waals surface area contributed by atoms with Gasteiger partial charge in [-0.2, -0.15) is 5.10 Å². The normalized spacial score (nSPS) is 10.6. The summed E-state index contributed by atoms with van der Waals surface area (Å²) in [6, 6.07) is 12.8. The summed E-state index contributed by atoms with van der Waals surface area (Å²) in [4.78, 5) is 11.7. The van der Waals surface area contributed by atoms with E-state index in [2.05, 4.69) is 15.8 Å². The summed E-state index contributed by atoms with van der Waals surface area (Å²) in [6.07, 6.45) is 1.53. The minimum atomic E-state index is -0.229. The average molecular weight is 409 g/mol. The molecule has 22 heavy (non-hydrogen) atoms. The predicted octanol–water partition coefficient (Wildman–Crippen LogP) is 2.87. The molecule has 3 N–H and O–H groups in total. The molecule has 0 aliphatic heterocycles. The summed E-state index contributed by atoms with van der Waals surface area (Å²) in [5.74, 6) is -0.00260. The van der Waals surface area contributed by atoms with Crippen LogP contribution in [0.3, 0.4) is 0 Å². The SMILES string of the molecule is Cc1ccccc1NCC(=O)NN=Cc1ccc(O)c(I)c1. The summed E-state index contributed by atoms with van der Waals surface area (Å²) in [5.41, 5.74) is 5.26. The number of benzene rings is 2. The molecule has 1 amide bonds. The van der Waals surface area contributed by atoms with E-state index in [-0.39, 0.29) is 18.2 Å². The van der Waals surface area contributed by atoms with Gasteiger partial charge in [-0.1, -0.05) is 18.2 Å². The van der Waals surface area contributed by atoms with E-state index in [0.29, 0.717) is 0 Å². The minimum Gasteiger partial charge on any atom is -0.507 e. The van der Waals surface area contributed by atoms with Crippen LogP contribution in [0.5, 0.6) is 5.75 Å². The summed E-state index contributed by atoms with van der Waals surface area (Å²) in [6.45, 7) is 2.13. The molecule has 0 fully saturated rings. The highest BCUT2D eigenvalue weighted by Gasteiger charge is 2.01. The highest BCUT2D eigenvalue weighted by atomic mass is 127. The molecule has 0 heterocycles. The zero-order chi connectivity index (χ0) is 15.9. The molecule has 0 atom stereocenters. The fraction of sp³-hybridized carbons (Fsp3) is 0.125. The maximum absolute atomic E-state index is 11.7. The number of aryl methyl sites for hydroxylation is 1. The molecule has 0 spiro atoms. The first-order valence-electron chi connectivity index (χ1n) is 6.66. The molecular weight excluding hydrogens is 393 g/mol. The summed E-state index contributed by atoms with van der Waals surface area (Å²) in [7, 11) is 0. The quantitative estimate of drug-likeness (QED) is 0.404. The van der Waals surface area contributed by atoms with Gasteiger partial charge in [-0.3, -0.25) is 4.79 Å². The predicted molar refractivity (Wildman–Crippen MR) is 96.2 cm³/mol. The molecule has 5 nitrogen and oxygen atoms in total. The number of carbonyl (C=O) groups is 1. The lowest BCUT2D eigenvalue weighted by Gasteiger charge is -2.07. The Bertz CT molecular complexity index is 702. The smallest absolute Gasteiger partial charge is 0.259 e. The van der Waals surface area contributed by atoms with Crippen molar-refractivity contribution in [2.75, 3.05) is 11.9 Å². The fourth-order valence-corrected chi connectivity index (χ4v) is 2.31. The lowest BCUT2D eigenvalue weighted by Crippen LogP contribution is -2.26. The number of hydrogen-bond acceptors (Lipinski definition) is 4. The van der Waals surface area contributed by atoms with Crippen molar-refractivity contribution in [2.24, 2.45) is 5.10 Å². The zero-order valence-corrected chi connectivity index (χ0v) is 14.2. The van der Waals surface area contributed by atoms with Crippen LogP contribution in [-0.2, 0) is 4.79 Å².